The third-order valence-corrected chi connectivity index (χ3v) is 2.74. The summed E-state index contributed by atoms with van der Waals surface area (Å²) in [4.78, 5) is 21.8. The first-order chi connectivity index (χ1) is 9.52. The number of hydrogen-bond donors (Lipinski definition) is 0. The van der Waals surface area contributed by atoms with E-state index in [-0.39, 0.29) is 24.4 Å². The van der Waals surface area contributed by atoms with Gasteiger partial charge in [0.05, 0.1) is 35.4 Å². The molecule has 0 amide bonds. The molecule has 104 valence electrons. The molecule has 1 aromatic carbocycles. The Morgan fingerprint density at radius 1 is 1.55 bits per heavy atom. The largest absolute Gasteiger partial charge is 0.463 e. The van der Waals surface area contributed by atoms with E-state index in [1.807, 2.05) is 0 Å². The molecule has 0 unspecified atom stereocenters. The van der Waals surface area contributed by atoms with E-state index in [0.29, 0.717) is 5.52 Å². The second kappa shape index (κ2) is 5.52. The molecule has 7 heteroatoms. The number of nitrogens with zero attached hydrogens (tertiary/aromatic N) is 3. The van der Waals surface area contributed by atoms with Gasteiger partial charge in [0.15, 0.2) is 0 Å². The van der Waals surface area contributed by atoms with Crippen LogP contribution in [0.3, 0.4) is 0 Å². The van der Waals surface area contributed by atoms with Crippen molar-refractivity contribution in [2.24, 2.45) is 0 Å². The number of carbonyl (C=O) groups excluding carboxylic acids is 1. The first kappa shape index (κ1) is 13.7. The van der Waals surface area contributed by atoms with Crippen molar-refractivity contribution in [3.05, 3.63) is 46.7 Å². The van der Waals surface area contributed by atoms with Gasteiger partial charge in [-0.1, -0.05) is 6.58 Å². The van der Waals surface area contributed by atoms with E-state index in [1.165, 1.54) is 16.8 Å². The molecule has 1 aromatic heterocycles. The maximum Gasteiger partial charge on any atom is 0.335 e. The van der Waals surface area contributed by atoms with Crippen LogP contribution in [-0.2, 0) is 16.1 Å². The smallest absolute Gasteiger partial charge is 0.335 e. The molecule has 0 spiro atoms. The van der Waals surface area contributed by atoms with Crippen LogP contribution in [0.1, 0.15) is 6.92 Å². The second-order valence-electron chi connectivity index (χ2n) is 4.13. The van der Waals surface area contributed by atoms with Crippen LogP contribution in [-0.4, -0.2) is 27.3 Å². The first-order valence-electron chi connectivity index (χ1n) is 5.97. The monoisotopic (exact) mass is 275 g/mol. The highest BCUT2D eigenvalue weighted by Gasteiger charge is 2.13. The summed E-state index contributed by atoms with van der Waals surface area (Å²) < 4.78 is 6.33. The zero-order valence-corrected chi connectivity index (χ0v) is 10.9. The molecule has 0 saturated carbocycles. The molecular formula is C13H13N3O4. The lowest BCUT2D eigenvalue weighted by Gasteiger charge is -2.06. The summed E-state index contributed by atoms with van der Waals surface area (Å²) in [7, 11) is 0. The number of carbonyl (C=O) groups is 1. The Balaban J connectivity index is 2.30. The Labute approximate surface area is 114 Å². The third-order valence-electron chi connectivity index (χ3n) is 2.74. The zero-order valence-electron chi connectivity index (χ0n) is 10.9. The van der Waals surface area contributed by atoms with Gasteiger partial charge in [-0.25, -0.2) is 4.79 Å². The summed E-state index contributed by atoms with van der Waals surface area (Å²) >= 11 is 0. The van der Waals surface area contributed by atoms with Gasteiger partial charge in [0.1, 0.15) is 0 Å². The number of nitro benzene ring substituents is 1. The molecular weight excluding hydrogens is 262 g/mol. The molecule has 0 atom stereocenters. The molecule has 0 aliphatic carbocycles. The van der Waals surface area contributed by atoms with Gasteiger partial charge in [0.25, 0.3) is 5.69 Å². The molecule has 0 radical (unpaired) electrons. The maximum atomic E-state index is 11.5. The Morgan fingerprint density at radius 2 is 2.30 bits per heavy atom. The predicted molar refractivity (Wildman–Crippen MR) is 72.2 cm³/mol. The van der Waals surface area contributed by atoms with Crippen LogP contribution < -0.4 is 0 Å². The number of ether oxygens (including phenoxy) is 1. The van der Waals surface area contributed by atoms with Crippen LogP contribution in [0.25, 0.3) is 10.9 Å². The number of benzene rings is 1. The lowest BCUT2D eigenvalue weighted by Crippen LogP contribution is -2.13. The number of fused-ring (bicyclic) bond motifs is 1. The van der Waals surface area contributed by atoms with Gasteiger partial charge < -0.3 is 4.74 Å². The molecule has 0 saturated heterocycles. The molecule has 1 heterocycles. The van der Waals surface area contributed by atoms with Crippen LogP contribution in [0.5, 0.6) is 0 Å². The van der Waals surface area contributed by atoms with Crippen LogP contribution in [0.15, 0.2) is 36.5 Å². The fraction of sp³-hybridized carbons (Fsp3) is 0.231. The molecule has 2 aromatic rings. The number of rotatable bonds is 5. The Kier molecular flexibility index (Phi) is 3.79. The Hall–Kier alpha value is -2.70. The number of hydrogen-bond acceptors (Lipinski definition) is 5. The quantitative estimate of drug-likeness (QED) is 0.361. The SMILES string of the molecule is C=C(Cn1ncc2ccc([N+](=O)[O-])cc21)C(=O)OCC. The topological polar surface area (TPSA) is 87.3 Å². The van der Waals surface area contributed by atoms with E-state index >= 15 is 0 Å². The Morgan fingerprint density at radius 3 is 2.95 bits per heavy atom. The Bertz CT molecular complexity index is 690. The van der Waals surface area contributed by atoms with E-state index in [1.54, 1.807) is 19.2 Å². The van der Waals surface area contributed by atoms with Crippen molar-refractivity contribution < 1.29 is 14.5 Å². The highest BCUT2D eigenvalue weighted by atomic mass is 16.6. The summed E-state index contributed by atoms with van der Waals surface area (Å²) in [6.07, 6.45) is 1.58. The molecule has 7 nitrogen and oxygen atoms in total. The highest BCUT2D eigenvalue weighted by molar-refractivity contribution is 5.88. The van der Waals surface area contributed by atoms with Gasteiger partial charge in [0.2, 0.25) is 0 Å². The minimum Gasteiger partial charge on any atom is -0.463 e. The maximum absolute atomic E-state index is 11.5. The van der Waals surface area contributed by atoms with Gasteiger partial charge in [-0.05, 0) is 13.0 Å². The standard InChI is InChI=1S/C13H13N3O4/c1-3-20-13(17)9(2)8-15-12-6-11(16(18)19)5-4-10(12)7-14-15/h4-7H,2-3,8H2,1H3. The summed E-state index contributed by atoms with van der Waals surface area (Å²) in [5.74, 6) is -0.499. The van der Waals surface area contributed by atoms with Crippen LogP contribution in [0.2, 0.25) is 0 Å². The van der Waals surface area contributed by atoms with E-state index in [0.717, 1.165) is 5.39 Å². The average Bonchev–Trinajstić information content (AvgIpc) is 2.81. The molecule has 2 rings (SSSR count). The van der Waals surface area contributed by atoms with Gasteiger partial charge in [-0.15, -0.1) is 0 Å². The van der Waals surface area contributed by atoms with Crippen LogP contribution in [0, 0.1) is 10.1 Å². The van der Waals surface area contributed by atoms with Crippen molar-refractivity contribution >= 4 is 22.6 Å². The van der Waals surface area contributed by atoms with Crippen molar-refractivity contribution in [2.45, 2.75) is 13.5 Å². The summed E-state index contributed by atoms with van der Waals surface area (Å²) in [5, 5.41) is 15.6. The van der Waals surface area contributed by atoms with Crippen molar-refractivity contribution in [2.75, 3.05) is 6.61 Å². The van der Waals surface area contributed by atoms with Crippen molar-refractivity contribution in [3.63, 3.8) is 0 Å². The van der Waals surface area contributed by atoms with E-state index in [2.05, 4.69) is 11.7 Å². The minimum atomic E-state index is -0.499. The second-order valence-corrected chi connectivity index (χ2v) is 4.13. The lowest BCUT2D eigenvalue weighted by molar-refractivity contribution is -0.384. The zero-order chi connectivity index (χ0) is 14.7. The number of nitro groups is 1. The van der Waals surface area contributed by atoms with Gasteiger partial charge in [-0.3, -0.25) is 14.8 Å². The number of aromatic nitrogens is 2. The fourth-order valence-electron chi connectivity index (χ4n) is 1.78. The van der Waals surface area contributed by atoms with Gasteiger partial charge in [-0.2, -0.15) is 5.10 Å². The average molecular weight is 275 g/mol. The van der Waals surface area contributed by atoms with Crippen molar-refractivity contribution in [1.82, 2.24) is 9.78 Å². The van der Waals surface area contributed by atoms with Crippen LogP contribution in [0.4, 0.5) is 5.69 Å². The molecule has 0 aliphatic heterocycles. The molecule has 20 heavy (non-hydrogen) atoms. The molecule has 0 aliphatic rings. The van der Waals surface area contributed by atoms with E-state index in [9.17, 15) is 14.9 Å². The van der Waals surface area contributed by atoms with Crippen LogP contribution >= 0.6 is 0 Å². The van der Waals surface area contributed by atoms with Crippen molar-refractivity contribution in [1.29, 1.82) is 0 Å². The van der Waals surface area contributed by atoms with Gasteiger partial charge in [0, 0.05) is 17.5 Å². The summed E-state index contributed by atoms with van der Waals surface area (Å²) in [5.41, 5.74) is 0.786. The lowest BCUT2D eigenvalue weighted by atomic mass is 10.2. The normalized spacial score (nSPS) is 10.4. The molecule has 0 fully saturated rings. The summed E-state index contributed by atoms with van der Waals surface area (Å²) in [6, 6.07) is 4.44. The minimum absolute atomic E-state index is 0.0269. The van der Waals surface area contributed by atoms with Gasteiger partial charge >= 0.3 is 5.97 Å². The fourth-order valence-corrected chi connectivity index (χ4v) is 1.78. The molecule has 0 N–H and O–H groups in total. The highest BCUT2D eigenvalue weighted by Crippen LogP contribution is 2.21. The van der Waals surface area contributed by atoms with Crippen molar-refractivity contribution in [3.8, 4) is 0 Å². The third kappa shape index (κ3) is 2.66. The first-order valence-corrected chi connectivity index (χ1v) is 5.97. The van der Waals surface area contributed by atoms with E-state index < -0.39 is 10.9 Å². The predicted octanol–water partition coefficient (Wildman–Crippen LogP) is 2.06. The molecule has 0 bridgehead atoms. The summed E-state index contributed by atoms with van der Waals surface area (Å²) in [6.45, 7) is 5.74. The number of non-ortho nitro benzene ring substituents is 1. The number of esters is 1. The van der Waals surface area contributed by atoms with E-state index in [4.69, 9.17) is 4.74 Å².